The van der Waals surface area contributed by atoms with Crippen molar-refractivity contribution in [2.75, 3.05) is 6.61 Å². The van der Waals surface area contributed by atoms with Crippen LogP contribution in [0.5, 0.6) is 0 Å². The SMILES string of the molecule is O=C(COC(=O)c1cc(=O)c2cc(Cl)ccc2o1)NC12CC3CC(CC(C3)C1)C2. The number of hydrogen-bond donors (Lipinski definition) is 1. The summed E-state index contributed by atoms with van der Waals surface area (Å²) in [6, 6.07) is 5.64. The van der Waals surface area contributed by atoms with E-state index in [9.17, 15) is 14.4 Å². The summed E-state index contributed by atoms with van der Waals surface area (Å²) in [6.07, 6.45) is 6.95. The maximum absolute atomic E-state index is 12.5. The highest BCUT2D eigenvalue weighted by Gasteiger charge is 2.51. The van der Waals surface area contributed by atoms with Gasteiger partial charge in [0.25, 0.3) is 5.91 Å². The molecule has 4 fully saturated rings. The van der Waals surface area contributed by atoms with Gasteiger partial charge in [-0.05, 0) is 74.5 Å². The summed E-state index contributed by atoms with van der Waals surface area (Å²) in [5.74, 6) is 0.778. The van der Waals surface area contributed by atoms with Gasteiger partial charge in [0.1, 0.15) is 5.58 Å². The fraction of sp³-hybridized carbons (Fsp3) is 0.500. The molecule has 1 N–H and O–H groups in total. The number of hydrogen-bond acceptors (Lipinski definition) is 5. The highest BCUT2D eigenvalue weighted by molar-refractivity contribution is 6.31. The first-order valence-electron chi connectivity index (χ1n) is 10.1. The van der Waals surface area contributed by atoms with Crippen LogP contribution in [0.1, 0.15) is 49.1 Å². The number of rotatable bonds is 4. The third kappa shape index (κ3) is 3.54. The molecule has 1 aromatic carbocycles. The molecule has 0 aliphatic heterocycles. The minimum atomic E-state index is -0.834. The fourth-order valence-corrected chi connectivity index (χ4v) is 6.20. The second-order valence-electron chi connectivity index (χ2n) is 8.94. The Morgan fingerprint density at radius 2 is 1.76 bits per heavy atom. The van der Waals surface area contributed by atoms with E-state index in [0.717, 1.165) is 25.3 Å². The van der Waals surface area contributed by atoms with Crippen LogP contribution < -0.4 is 10.7 Å². The molecule has 0 unspecified atom stereocenters. The van der Waals surface area contributed by atoms with Crippen molar-refractivity contribution in [1.29, 1.82) is 0 Å². The molecule has 0 radical (unpaired) electrons. The molecular formula is C22H22ClNO5. The first kappa shape index (κ1) is 18.7. The van der Waals surface area contributed by atoms with E-state index in [1.54, 1.807) is 6.07 Å². The molecule has 152 valence electrons. The third-order valence-corrected chi connectivity index (χ3v) is 6.90. The lowest BCUT2D eigenvalue weighted by molar-refractivity contribution is -0.130. The van der Waals surface area contributed by atoms with Crippen molar-refractivity contribution in [3.8, 4) is 0 Å². The standard InChI is InChI=1S/C22H22ClNO5/c23-15-1-2-18-16(6-15)17(25)7-19(29-18)21(27)28-11-20(26)24-22-8-12-3-13(9-22)5-14(4-12)10-22/h1-2,6-7,12-14H,3-5,8-11H2,(H,24,26). The molecule has 1 aromatic heterocycles. The predicted molar refractivity (Wildman–Crippen MR) is 107 cm³/mol. The maximum Gasteiger partial charge on any atom is 0.374 e. The van der Waals surface area contributed by atoms with Gasteiger partial charge in [0.05, 0.1) is 5.39 Å². The van der Waals surface area contributed by atoms with Gasteiger partial charge in [0.2, 0.25) is 5.76 Å². The van der Waals surface area contributed by atoms with Crippen molar-refractivity contribution in [2.45, 2.75) is 44.1 Å². The van der Waals surface area contributed by atoms with Crippen molar-refractivity contribution in [3.63, 3.8) is 0 Å². The summed E-state index contributed by atoms with van der Waals surface area (Å²) in [4.78, 5) is 37.0. The van der Waals surface area contributed by atoms with E-state index < -0.39 is 11.4 Å². The fourth-order valence-electron chi connectivity index (χ4n) is 6.03. The summed E-state index contributed by atoms with van der Waals surface area (Å²) >= 11 is 5.89. The highest BCUT2D eigenvalue weighted by atomic mass is 35.5. The van der Waals surface area contributed by atoms with Crippen molar-refractivity contribution in [3.05, 3.63) is 45.3 Å². The number of esters is 1. The Balaban J connectivity index is 1.24. The van der Waals surface area contributed by atoms with Crippen molar-refractivity contribution in [1.82, 2.24) is 5.32 Å². The van der Waals surface area contributed by atoms with E-state index >= 15 is 0 Å². The number of amides is 1. The summed E-state index contributed by atoms with van der Waals surface area (Å²) in [5.41, 5.74) is -0.280. The van der Waals surface area contributed by atoms with Crippen molar-refractivity contribution >= 4 is 34.4 Å². The topological polar surface area (TPSA) is 85.6 Å². The number of halogens is 1. The molecule has 4 aliphatic carbocycles. The van der Waals surface area contributed by atoms with E-state index in [0.29, 0.717) is 22.8 Å². The van der Waals surface area contributed by atoms with Gasteiger partial charge in [-0.1, -0.05) is 11.6 Å². The third-order valence-electron chi connectivity index (χ3n) is 6.67. The van der Waals surface area contributed by atoms with Gasteiger partial charge >= 0.3 is 5.97 Å². The smallest absolute Gasteiger partial charge is 0.374 e. The Kier molecular flexibility index (Phi) is 4.42. The minimum absolute atomic E-state index is 0.132. The van der Waals surface area contributed by atoms with Crippen LogP contribution in [0.3, 0.4) is 0 Å². The second kappa shape index (κ2) is 6.87. The van der Waals surface area contributed by atoms with E-state index in [1.165, 1.54) is 31.4 Å². The number of carbonyl (C=O) groups is 2. The van der Waals surface area contributed by atoms with Crippen LogP contribution in [0.4, 0.5) is 0 Å². The summed E-state index contributed by atoms with van der Waals surface area (Å²) in [5, 5.41) is 3.85. The van der Waals surface area contributed by atoms with Crippen LogP contribution in [0.15, 0.2) is 33.5 Å². The van der Waals surface area contributed by atoms with Crippen molar-refractivity contribution in [2.24, 2.45) is 17.8 Å². The summed E-state index contributed by atoms with van der Waals surface area (Å²) in [7, 11) is 0. The van der Waals surface area contributed by atoms with Gasteiger partial charge in [-0.15, -0.1) is 0 Å². The Labute approximate surface area is 172 Å². The van der Waals surface area contributed by atoms with E-state index in [1.807, 2.05) is 0 Å². The number of carbonyl (C=O) groups excluding carboxylic acids is 2. The van der Waals surface area contributed by atoms with Crippen LogP contribution in [0.25, 0.3) is 11.0 Å². The van der Waals surface area contributed by atoms with Crippen LogP contribution in [-0.2, 0) is 9.53 Å². The van der Waals surface area contributed by atoms with Crippen LogP contribution in [-0.4, -0.2) is 24.0 Å². The molecular weight excluding hydrogens is 394 g/mol. The predicted octanol–water partition coefficient (Wildman–Crippen LogP) is 3.69. The van der Waals surface area contributed by atoms with E-state index in [2.05, 4.69) is 5.32 Å². The summed E-state index contributed by atoms with van der Waals surface area (Å²) < 4.78 is 10.6. The Bertz CT molecular complexity index is 1020. The van der Waals surface area contributed by atoms with Gasteiger partial charge in [0.15, 0.2) is 12.0 Å². The average molecular weight is 416 g/mol. The molecule has 2 aromatic rings. The van der Waals surface area contributed by atoms with E-state index in [-0.39, 0.29) is 34.8 Å². The maximum atomic E-state index is 12.5. The molecule has 1 amide bonds. The Morgan fingerprint density at radius 3 is 2.41 bits per heavy atom. The Hall–Kier alpha value is -2.34. The molecule has 7 heteroatoms. The first-order chi connectivity index (χ1) is 13.9. The quantitative estimate of drug-likeness (QED) is 0.770. The molecule has 0 saturated heterocycles. The van der Waals surface area contributed by atoms with Gasteiger partial charge in [-0.2, -0.15) is 0 Å². The zero-order valence-electron chi connectivity index (χ0n) is 15.9. The molecule has 29 heavy (non-hydrogen) atoms. The Morgan fingerprint density at radius 1 is 1.10 bits per heavy atom. The molecule has 1 heterocycles. The minimum Gasteiger partial charge on any atom is -0.450 e. The largest absolute Gasteiger partial charge is 0.450 e. The van der Waals surface area contributed by atoms with Gasteiger partial charge in [0, 0.05) is 16.6 Å². The first-order valence-corrected chi connectivity index (χ1v) is 10.5. The second-order valence-corrected chi connectivity index (χ2v) is 9.37. The lowest BCUT2D eigenvalue weighted by atomic mass is 9.53. The monoisotopic (exact) mass is 415 g/mol. The molecule has 4 saturated carbocycles. The normalized spacial score (nSPS) is 29.8. The lowest BCUT2D eigenvalue weighted by Crippen LogP contribution is -2.60. The number of ether oxygens (including phenoxy) is 1. The van der Waals surface area contributed by atoms with Crippen LogP contribution in [0.2, 0.25) is 5.02 Å². The highest BCUT2D eigenvalue weighted by Crippen LogP contribution is 2.55. The van der Waals surface area contributed by atoms with Gasteiger partial charge < -0.3 is 14.5 Å². The molecule has 0 atom stereocenters. The molecule has 4 aliphatic rings. The van der Waals surface area contributed by atoms with Gasteiger partial charge in [-0.25, -0.2) is 4.79 Å². The molecule has 6 nitrogen and oxygen atoms in total. The van der Waals surface area contributed by atoms with Crippen LogP contribution in [0, 0.1) is 17.8 Å². The lowest BCUT2D eigenvalue weighted by Gasteiger charge is -2.56. The zero-order valence-corrected chi connectivity index (χ0v) is 16.7. The number of benzene rings is 1. The molecule has 6 rings (SSSR count). The molecule has 0 spiro atoms. The zero-order chi connectivity index (χ0) is 20.2. The molecule has 4 bridgehead atoms. The average Bonchev–Trinajstić information content (AvgIpc) is 2.65. The summed E-state index contributed by atoms with van der Waals surface area (Å²) in [6.45, 7) is -0.386. The van der Waals surface area contributed by atoms with Crippen LogP contribution >= 0.6 is 11.6 Å². The number of nitrogens with one attached hydrogen (secondary N) is 1. The van der Waals surface area contributed by atoms with Gasteiger partial charge in [-0.3, -0.25) is 9.59 Å². The van der Waals surface area contributed by atoms with E-state index in [4.69, 9.17) is 20.8 Å². The number of fused-ring (bicyclic) bond motifs is 1. The van der Waals surface area contributed by atoms with Crippen molar-refractivity contribution < 1.29 is 18.7 Å².